The molecular formula is C31H35BClNO5. The number of allylic oxidation sites excluding steroid dienone is 2. The highest BCUT2D eigenvalue weighted by Crippen LogP contribution is 2.52. The predicted octanol–water partition coefficient (Wildman–Crippen LogP) is 6.42. The van der Waals surface area contributed by atoms with Crippen molar-refractivity contribution < 1.29 is 24.4 Å². The van der Waals surface area contributed by atoms with Crippen molar-refractivity contribution in [3.63, 3.8) is 0 Å². The molecule has 2 amide bonds. The third kappa shape index (κ3) is 5.45. The zero-order valence-electron chi connectivity index (χ0n) is 22.5. The quantitative estimate of drug-likeness (QED) is 0.226. The molecule has 3 aliphatic rings. The van der Waals surface area contributed by atoms with Crippen LogP contribution in [0.25, 0.3) is 6.08 Å². The van der Waals surface area contributed by atoms with Crippen molar-refractivity contribution in [1.82, 2.24) is 0 Å². The third-order valence-electron chi connectivity index (χ3n) is 8.40. The number of para-hydroxylation sites is 1. The van der Waals surface area contributed by atoms with Gasteiger partial charge in [0, 0.05) is 0 Å². The van der Waals surface area contributed by atoms with Gasteiger partial charge in [-0.3, -0.25) is 14.5 Å². The number of amides is 2. The van der Waals surface area contributed by atoms with Crippen LogP contribution >= 0.6 is 11.6 Å². The largest absolute Gasteiger partial charge is 0.508 e. The van der Waals surface area contributed by atoms with Crippen LogP contribution < -0.4 is 4.90 Å². The van der Waals surface area contributed by atoms with Crippen molar-refractivity contribution in [2.24, 2.45) is 17.8 Å². The number of phenols is 1. The van der Waals surface area contributed by atoms with Crippen molar-refractivity contribution in [2.45, 2.75) is 64.8 Å². The molecule has 2 heterocycles. The van der Waals surface area contributed by atoms with Gasteiger partial charge >= 0.3 is 7.12 Å². The van der Waals surface area contributed by atoms with Crippen LogP contribution in [0.5, 0.6) is 5.75 Å². The Morgan fingerprint density at radius 3 is 2.59 bits per heavy atom. The van der Waals surface area contributed by atoms with E-state index < -0.39 is 19.0 Å². The van der Waals surface area contributed by atoms with Crippen molar-refractivity contribution in [3.8, 4) is 5.75 Å². The zero-order chi connectivity index (χ0) is 27.7. The molecule has 8 heteroatoms. The Morgan fingerprint density at radius 1 is 1.13 bits per heavy atom. The highest BCUT2D eigenvalue weighted by atomic mass is 35.5. The summed E-state index contributed by atoms with van der Waals surface area (Å²) in [5.41, 5.74) is 4.96. The summed E-state index contributed by atoms with van der Waals surface area (Å²) in [4.78, 5) is 28.7. The molecule has 39 heavy (non-hydrogen) atoms. The van der Waals surface area contributed by atoms with Crippen molar-refractivity contribution in [3.05, 3.63) is 75.8 Å². The van der Waals surface area contributed by atoms with E-state index in [0.717, 1.165) is 36.8 Å². The van der Waals surface area contributed by atoms with Crippen LogP contribution in [0.1, 0.15) is 57.9 Å². The number of carbonyl (C=O) groups is 2. The van der Waals surface area contributed by atoms with Crippen LogP contribution in [-0.2, 0) is 14.2 Å². The molecule has 0 saturated carbocycles. The van der Waals surface area contributed by atoms with Gasteiger partial charge < -0.3 is 14.8 Å². The van der Waals surface area contributed by atoms with Gasteiger partial charge in [0.2, 0.25) is 11.8 Å². The van der Waals surface area contributed by atoms with Crippen LogP contribution in [0.4, 0.5) is 5.69 Å². The Bertz CT molecular complexity index is 1310. The van der Waals surface area contributed by atoms with E-state index in [1.54, 1.807) is 24.3 Å². The summed E-state index contributed by atoms with van der Waals surface area (Å²) in [6.07, 6.45) is 6.61. The molecular weight excluding hydrogens is 513 g/mol. The third-order valence-corrected chi connectivity index (χ3v) is 8.73. The van der Waals surface area contributed by atoms with Crippen molar-refractivity contribution >= 4 is 42.3 Å². The van der Waals surface area contributed by atoms with Gasteiger partial charge in [0.15, 0.2) is 0 Å². The topological polar surface area (TPSA) is 87.1 Å². The fraction of sp³-hybridized carbons (Fsp3) is 0.419. The molecule has 204 valence electrons. The van der Waals surface area contributed by atoms with Crippen LogP contribution in [0.15, 0.2) is 65.3 Å². The first kappa shape index (κ1) is 27.7. The van der Waals surface area contributed by atoms with Crippen molar-refractivity contribution in [2.75, 3.05) is 4.90 Å². The minimum atomic E-state index is -0.986. The molecule has 5 rings (SSSR count). The maximum absolute atomic E-state index is 13.8. The van der Waals surface area contributed by atoms with Crippen LogP contribution in [0.2, 0.25) is 11.3 Å². The molecule has 2 aliphatic heterocycles. The van der Waals surface area contributed by atoms with Crippen molar-refractivity contribution in [1.29, 1.82) is 0 Å². The number of fused-ring (bicyclic) bond motifs is 3. The number of phenolic OH excluding ortho intramolecular Hbond substituents is 1. The number of hydrogen-bond donors (Lipinski definition) is 2. The summed E-state index contributed by atoms with van der Waals surface area (Å²) < 4.78 is 6.14. The minimum Gasteiger partial charge on any atom is -0.508 e. The molecule has 6 nitrogen and oxygen atoms in total. The Hall–Kier alpha value is -2.87. The Labute approximate surface area is 235 Å². The number of anilines is 1. The number of benzene rings is 2. The van der Waals surface area contributed by atoms with Gasteiger partial charge in [-0.25, -0.2) is 0 Å². The highest BCUT2D eigenvalue weighted by Gasteiger charge is 2.57. The van der Waals surface area contributed by atoms with E-state index in [0.29, 0.717) is 29.9 Å². The van der Waals surface area contributed by atoms with Gasteiger partial charge in [0.05, 0.1) is 28.6 Å². The maximum Gasteiger partial charge on any atom is 0.455 e. The fourth-order valence-corrected chi connectivity index (χ4v) is 6.88. The lowest BCUT2D eigenvalue weighted by atomic mass is 9.58. The minimum absolute atomic E-state index is 0.127. The lowest BCUT2D eigenvalue weighted by molar-refractivity contribution is -0.122. The van der Waals surface area contributed by atoms with Gasteiger partial charge in [-0.05, 0) is 85.8 Å². The number of aromatic hydroxyl groups is 1. The molecule has 0 aromatic heterocycles. The van der Waals surface area contributed by atoms with E-state index in [1.807, 2.05) is 24.3 Å². The molecule has 2 aromatic rings. The van der Waals surface area contributed by atoms with E-state index >= 15 is 0 Å². The molecule has 2 aromatic carbocycles. The van der Waals surface area contributed by atoms with Gasteiger partial charge in [-0.1, -0.05) is 67.3 Å². The molecule has 0 radical (unpaired) electrons. The Kier molecular flexibility index (Phi) is 8.31. The SMILES string of the molecule is CCCC1=C2[C@@H](CC/C(=C/c3ccc(O)cc3Cl)CC)OB(O)C[C@@H]2[C@@H]2C(=O)N(c3ccccc3)C(=O)[C@@H]2C1. The first-order valence-electron chi connectivity index (χ1n) is 14.0. The Morgan fingerprint density at radius 2 is 1.90 bits per heavy atom. The number of carbonyl (C=O) groups excluding carboxylic acids is 2. The predicted molar refractivity (Wildman–Crippen MR) is 154 cm³/mol. The van der Waals surface area contributed by atoms with Crippen LogP contribution in [0.3, 0.4) is 0 Å². The fourth-order valence-electron chi connectivity index (χ4n) is 6.65. The second kappa shape index (κ2) is 11.7. The molecule has 0 spiro atoms. The maximum atomic E-state index is 13.8. The molecule has 2 saturated heterocycles. The summed E-state index contributed by atoms with van der Waals surface area (Å²) in [7, 11) is -0.986. The van der Waals surface area contributed by atoms with Gasteiger partial charge in [-0.2, -0.15) is 0 Å². The summed E-state index contributed by atoms with van der Waals surface area (Å²) in [6, 6.07) is 14.1. The van der Waals surface area contributed by atoms with E-state index in [-0.39, 0.29) is 29.6 Å². The van der Waals surface area contributed by atoms with Crippen LogP contribution in [0, 0.1) is 17.8 Å². The van der Waals surface area contributed by atoms with E-state index in [9.17, 15) is 19.7 Å². The monoisotopic (exact) mass is 547 g/mol. The molecule has 2 N–H and O–H groups in total. The van der Waals surface area contributed by atoms with Gasteiger partial charge in [0.25, 0.3) is 0 Å². The molecule has 0 unspecified atom stereocenters. The number of imide groups is 1. The second-order valence-electron chi connectivity index (χ2n) is 10.8. The second-order valence-corrected chi connectivity index (χ2v) is 11.2. The summed E-state index contributed by atoms with van der Waals surface area (Å²) in [5, 5.41) is 21.0. The summed E-state index contributed by atoms with van der Waals surface area (Å²) >= 11 is 6.34. The smallest absolute Gasteiger partial charge is 0.455 e. The van der Waals surface area contributed by atoms with Gasteiger partial charge in [0.1, 0.15) is 5.75 Å². The highest BCUT2D eigenvalue weighted by molar-refractivity contribution is 6.43. The number of rotatable bonds is 8. The average Bonchev–Trinajstić information content (AvgIpc) is 3.17. The number of nitrogens with zero attached hydrogens (tertiary/aromatic N) is 1. The zero-order valence-corrected chi connectivity index (χ0v) is 23.2. The first-order chi connectivity index (χ1) is 18.8. The summed E-state index contributed by atoms with van der Waals surface area (Å²) in [6.45, 7) is 4.22. The van der Waals surface area contributed by atoms with Crippen LogP contribution in [-0.4, -0.2) is 35.2 Å². The summed E-state index contributed by atoms with van der Waals surface area (Å²) in [5.74, 6) is -1.28. The number of hydrogen-bond acceptors (Lipinski definition) is 5. The lowest BCUT2D eigenvalue weighted by Gasteiger charge is -2.43. The van der Waals surface area contributed by atoms with Gasteiger partial charge in [-0.15, -0.1) is 0 Å². The lowest BCUT2D eigenvalue weighted by Crippen LogP contribution is -2.46. The Balaban J connectivity index is 1.44. The molecule has 2 fully saturated rings. The normalized spacial score (nSPS) is 25.3. The average molecular weight is 548 g/mol. The molecule has 4 atom stereocenters. The molecule has 0 bridgehead atoms. The van der Waals surface area contributed by atoms with E-state index in [4.69, 9.17) is 16.3 Å². The van der Waals surface area contributed by atoms with E-state index in [2.05, 4.69) is 13.8 Å². The number of halogens is 1. The van der Waals surface area contributed by atoms with E-state index in [1.165, 1.54) is 22.1 Å². The molecule has 1 aliphatic carbocycles. The first-order valence-corrected chi connectivity index (χ1v) is 14.4. The standard InChI is InChI=1S/C31H35BClNO5/c1-3-8-21-16-24-29(31(37)34(30(24)36)22-9-6-5-7-10-22)25-18-32(38)39-27(28(21)25)14-11-19(4-2)15-20-12-13-23(35)17-26(20)33/h5-7,9-10,12-13,15,17,24-25,27,29,35,38H,3-4,8,11,14,16,18H2,1-2H3/b19-15+/t24-,25+,27-,29-/m1/s1.